The number of pyridine rings is 2. The Morgan fingerprint density at radius 3 is 2.09 bits per heavy atom. The summed E-state index contributed by atoms with van der Waals surface area (Å²) in [5.74, 6) is 2.99. The van der Waals surface area contributed by atoms with E-state index in [2.05, 4.69) is 49.4 Å². The van der Waals surface area contributed by atoms with Gasteiger partial charge in [-0.3, -0.25) is 9.97 Å². The Hall–Kier alpha value is -4.13. The molecule has 0 bridgehead atoms. The average Bonchev–Trinajstić information content (AvgIpc) is 4.07. The van der Waals surface area contributed by atoms with E-state index in [4.69, 9.17) is 24.1 Å². The number of ether oxygens (including phenoxy) is 4. The summed E-state index contributed by atoms with van der Waals surface area (Å²) >= 11 is 0. The number of amides is 1. The molecule has 4 atom stereocenters. The summed E-state index contributed by atoms with van der Waals surface area (Å²) in [6.07, 6.45) is 18.2. The molecular weight excluding hydrogens is 733 g/mol. The van der Waals surface area contributed by atoms with Crippen molar-refractivity contribution in [1.82, 2.24) is 20.2 Å². The van der Waals surface area contributed by atoms with Crippen LogP contribution in [0, 0.1) is 11.8 Å². The lowest BCUT2D eigenvalue weighted by Crippen LogP contribution is -2.42. The van der Waals surface area contributed by atoms with Crippen LogP contribution < -0.4 is 24.6 Å². The largest absolute Gasteiger partial charge is 0.490 e. The molecule has 4 saturated heterocycles. The molecule has 0 spiro atoms. The molecule has 2 N–H and O–H groups in total. The lowest BCUT2D eigenvalue weighted by atomic mass is 10.0. The maximum Gasteiger partial charge on any atom is 0.410 e. The van der Waals surface area contributed by atoms with Gasteiger partial charge in [-0.25, -0.2) is 4.79 Å². The highest BCUT2D eigenvalue weighted by Crippen LogP contribution is 2.30. The minimum atomic E-state index is -0.494. The van der Waals surface area contributed by atoms with Gasteiger partial charge in [0.15, 0.2) is 0 Å². The number of hydrogen-bond donors (Lipinski definition) is 2. The lowest BCUT2D eigenvalue weighted by molar-refractivity contribution is 0.0187. The SMILES string of the molecule is CC(C)(C)OC(=O)N1CCC[C@H]1COc1cncc(N2CC[C@H](CCCOCc3ccccc3)C2)c1.OCCC[C@H]1CCN(c2cncc(OC[C@@H]3CCCN3)c2)C1. The van der Waals surface area contributed by atoms with Crippen molar-refractivity contribution >= 4 is 17.5 Å². The van der Waals surface area contributed by atoms with Gasteiger partial charge in [0.1, 0.15) is 30.3 Å². The van der Waals surface area contributed by atoms with Crippen molar-refractivity contribution in [2.45, 2.75) is 109 Å². The molecule has 0 unspecified atom stereocenters. The molecule has 318 valence electrons. The second kappa shape index (κ2) is 22.3. The molecule has 12 nitrogen and oxygen atoms in total. The molecule has 4 fully saturated rings. The molecule has 7 rings (SSSR count). The molecule has 12 heteroatoms. The maximum atomic E-state index is 12.5. The molecule has 3 aromatic rings. The van der Waals surface area contributed by atoms with E-state index in [1.807, 2.05) is 51.4 Å². The van der Waals surface area contributed by atoms with Crippen LogP contribution in [0.4, 0.5) is 16.2 Å². The molecule has 0 radical (unpaired) electrons. The fourth-order valence-corrected chi connectivity index (χ4v) is 8.40. The second-order valence-corrected chi connectivity index (χ2v) is 17.4. The van der Waals surface area contributed by atoms with E-state index < -0.39 is 5.60 Å². The van der Waals surface area contributed by atoms with Crippen LogP contribution in [0.3, 0.4) is 0 Å². The summed E-state index contributed by atoms with van der Waals surface area (Å²) in [5.41, 5.74) is 2.99. The van der Waals surface area contributed by atoms with Gasteiger partial charge < -0.3 is 44.1 Å². The minimum absolute atomic E-state index is 0.0313. The van der Waals surface area contributed by atoms with E-state index >= 15 is 0 Å². The molecule has 4 aliphatic rings. The zero-order valence-electron chi connectivity index (χ0n) is 35.2. The number of benzene rings is 1. The fourth-order valence-electron chi connectivity index (χ4n) is 8.40. The first-order valence-corrected chi connectivity index (χ1v) is 21.8. The van der Waals surface area contributed by atoms with Gasteiger partial charge in [0.25, 0.3) is 0 Å². The number of carbonyl (C=O) groups is 1. The zero-order chi connectivity index (χ0) is 40.6. The first kappa shape index (κ1) is 43.4. The maximum absolute atomic E-state index is 12.5. The van der Waals surface area contributed by atoms with E-state index in [1.165, 1.54) is 37.7 Å². The molecule has 0 aliphatic carbocycles. The minimum Gasteiger partial charge on any atom is -0.490 e. The summed E-state index contributed by atoms with van der Waals surface area (Å²) in [5, 5.41) is 12.4. The molecule has 1 amide bonds. The number of rotatable bonds is 17. The molecule has 2 aromatic heterocycles. The molecule has 1 aromatic carbocycles. The molecular formula is C46H68N6O6. The number of nitrogens with one attached hydrogen (secondary N) is 1. The Morgan fingerprint density at radius 1 is 0.810 bits per heavy atom. The summed E-state index contributed by atoms with van der Waals surface area (Å²) in [6, 6.07) is 15.0. The molecule has 58 heavy (non-hydrogen) atoms. The average molecular weight is 801 g/mol. The van der Waals surface area contributed by atoms with E-state index in [-0.39, 0.29) is 12.1 Å². The number of aliphatic hydroxyl groups excluding tert-OH is 1. The van der Waals surface area contributed by atoms with Gasteiger partial charge in [-0.05, 0) is 109 Å². The highest BCUT2D eigenvalue weighted by molar-refractivity contribution is 5.69. The van der Waals surface area contributed by atoms with E-state index in [0.717, 1.165) is 101 Å². The quantitative estimate of drug-likeness (QED) is 0.132. The molecule has 4 aliphatic heterocycles. The lowest BCUT2D eigenvalue weighted by Gasteiger charge is -2.28. The third-order valence-corrected chi connectivity index (χ3v) is 11.5. The van der Waals surface area contributed by atoms with Crippen molar-refractivity contribution in [3.63, 3.8) is 0 Å². The number of hydrogen-bond acceptors (Lipinski definition) is 11. The number of nitrogens with zero attached hydrogens (tertiary/aromatic N) is 5. The predicted molar refractivity (Wildman–Crippen MR) is 229 cm³/mol. The van der Waals surface area contributed by atoms with Gasteiger partial charge in [0.2, 0.25) is 0 Å². The van der Waals surface area contributed by atoms with Gasteiger partial charge in [-0.1, -0.05) is 30.3 Å². The first-order chi connectivity index (χ1) is 28.2. The summed E-state index contributed by atoms with van der Waals surface area (Å²) in [6.45, 7) is 14.7. The van der Waals surface area contributed by atoms with Crippen molar-refractivity contribution in [2.24, 2.45) is 11.8 Å². The van der Waals surface area contributed by atoms with Crippen LogP contribution in [0.15, 0.2) is 67.3 Å². The van der Waals surface area contributed by atoms with E-state index in [0.29, 0.717) is 44.2 Å². The Labute approximate surface area is 346 Å². The third-order valence-electron chi connectivity index (χ3n) is 11.5. The van der Waals surface area contributed by atoms with Crippen LogP contribution in [0.5, 0.6) is 11.5 Å². The second-order valence-electron chi connectivity index (χ2n) is 17.4. The van der Waals surface area contributed by atoms with Crippen LogP contribution in [-0.2, 0) is 16.1 Å². The standard InChI is InChI=1S/C29H41N3O4.C17H27N3O2/c1-29(2,3)36-28(33)32-14-7-12-25(32)22-35-27-17-26(18-30-19-27)31-15-13-23(20-31)11-8-16-34-21-24-9-5-4-6-10-24;21-8-2-3-14-5-7-20(12-14)16-9-17(11-18-10-16)22-13-15-4-1-6-19-15/h4-6,9-10,17-19,23,25H,7-8,11-16,20-22H2,1-3H3;9-11,14-15,19,21H,1-8,12-13H2/t23-,25-;14-,15-/m00/s1. The fraction of sp³-hybridized carbons (Fsp3) is 0.630. The molecule has 0 saturated carbocycles. The number of anilines is 2. The topological polar surface area (TPSA) is 122 Å². The summed E-state index contributed by atoms with van der Waals surface area (Å²) < 4.78 is 23.4. The van der Waals surface area contributed by atoms with Crippen LogP contribution in [-0.4, -0.2) is 109 Å². The van der Waals surface area contributed by atoms with Crippen LogP contribution in [0.1, 0.15) is 90.5 Å². The van der Waals surface area contributed by atoms with Crippen molar-refractivity contribution in [1.29, 1.82) is 0 Å². The molecule has 6 heterocycles. The number of likely N-dealkylation sites (tertiary alicyclic amines) is 1. The van der Waals surface area contributed by atoms with Gasteiger partial charge >= 0.3 is 6.09 Å². The Kier molecular flexibility index (Phi) is 16.7. The van der Waals surface area contributed by atoms with Crippen LogP contribution >= 0.6 is 0 Å². The Balaban J connectivity index is 0.000000220. The predicted octanol–water partition coefficient (Wildman–Crippen LogP) is 7.49. The van der Waals surface area contributed by atoms with Crippen molar-refractivity contribution in [3.05, 3.63) is 72.8 Å². The number of aliphatic hydroxyl groups is 1. The number of aromatic nitrogens is 2. The zero-order valence-corrected chi connectivity index (χ0v) is 35.2. The van der Waals surface area contributed by atoms with Crippen molar-refractivity contribution < 1.29 is 28.8 Å². The highest BCUT2D eigenvalue weighted by atomic mass is 16.6. The smallest absolute Gasteiger partial charge is 0.410 e. The van der Waals surface area contributed by atoms with Gasteiger partial charge in [-0.15, -0.1) is 0 Å². The number of carbonyl (C=O) groups excluding carboxylic acids is 1. The third kappa shape index (κ3) is 14.0. The van der Waals surface area contributed by atoms with Gasteiger partial charge in [0.05, 0.1) is 48.8 Å². The normalized spacial score (nSPS) is 21.9. The summed E-state index contributed by atoms with van der Waals surface area (Å²) in [4.78, 5) is 27.9. The van der Waals surface area contributed by atoms with E-state index in [1.54, 1.807) is 17.3 Å². The summed E-state index contributed by atoms with van der Waals surface area (Å²) in [7, 11) is 0. The Morgan fingerprint density at radius 2 is 1.47 bits per heavy atom. The van der Waals surface area contributed by atoms with Crippen molar-refractivity contribution in [3.8, 4) is 11.5 Å². The van der Waals surface area contributed by atoms with Crippen LogP contribution in [0.2, 0.25) is 0 Å². The van der Waals surface area contributed by atoms with Crippen molar-refractivity contribution in [2.75, 3.05) is 75.5 Å². The van der Waals surface area contributed by atoms with Gasteiger partial charge in [0, 0.05) is 64.1 Å². The van der Waals surface area contributed by atoms with Gasteiger partial charge in [-0.2, -0.15) is 0 Å². The van der Waals surface area contributed by atoms with E-state index in [9.17, 15) is 4.79 Å². The highest BCUT2D eigenvalue weighted by Gasteiger charge is 2.33. The monoisotopic (exact) mass is 801 g/mol. The van der Waals surface area contributed by atoms with Crippen LogP contribution in [0.25, 0.3) is 0 Å². The first-order valence-electron chi connectivity index (χ1n) is 21.8. The Bertz CT molecular complexity index is 1650.